The van der Waals surface area contributed by atoms with E-state index >= 15 is 0 Å². The van der Waals surface area contributed by atoms with Gasteiger partial charge >= 0.3 is 0 Å². The molecule has 8 heteroatoms. The van der Waals surface area contributed by atoms with Gasteiger partial charge in [-0.25, -0.2) is 4.39 Å². The number of benzene rings is 3. The van der Waals surface area contributed by atoms with Crippen molar-refractivity contribution in [2.45, 2.75) is 39.3 Å². The van der Waals surface area contributed by atoms with Crippen molar-refractivity contribution in [2.24, 2.45) is 0 Å². The Balaban J connectivity index is 1.77. The van der Waals surface area contributed by atoms with Crippen LogP contribution in [0, 0.1) is 5.82 Å². The molecular formula is C30H29ClFNO5. The van der Waals surface area contributed by atoms with Crippen LogP contribution in [0.2, 0.25) is 5.02 Å². The standard InChI is InChI=1S/C30H29ClFNO5/c1-4-37-25-17-21(9-14-24(25)31)28(34)26-27(20-7-12-23(13-8-20)38-18(2)3)33(30(36)29(26)35)16-15-19-5-10-22(32)11-6-19/h5-14,17-18,27,34H,4,15-16H2,1-3H3/b28-26-. The number of nitrogens with zero attached hydrogens (tertiary/aromatic N) is 1. The van der Waals surface area contributed by atoms with Crippen LogP contribution in [0.4, 0.5) is 4.39 Å². The molecule has 0 aliphatic carbocycles. The van der Waals surface area contributed by atoms with E-state index < -0.39 is 17.7 Å². The Labute approximate surface area is 226 Å². The first-order valence-electron chi connectivity index (χ1n) is 12.4. The largest absolute Gasteiger partial charge is 0.507 e. The quantitative estimate of drug-likeness (QED) is 0.196. The van der Waals surface area contributed by atoms with Crippen molar-refractivity contribution >= 4 is 29.1 Å². The second-order valence-corrected chi connectivity index (χ2v) is 9.59. The predicted molar refractivity (Wildman–Crippen MR) is 144 cm³/mol. The molecule has 1 saturated heterocycles. The first kappa shape index (κ1) is 27.2. The van der Waals surface area contributed by atoms with Crippen molar-refractivity contribution in [3.05, 3.63) is 99.8 Å². The van der Waals surface area contributed by atoms with Gasteiger partial charge in [0.25, 0.3) is 11.7 Å². The van der Waals surface area contributed by atoms with E-state index in [1.165, 1.54) is 17.0 Å². The third kappa shape index (κ3) is 5.83. The molecule has 38 heavy (non-hydrogen) atoms. The van der Waals surface area contributed by atoms with Crippen LogP contribution >= 0.6 is 11.6 Å². The Hall–Kier alpha value is -3.84. The number of aliphatic hydroxyl groups is 1. The monoisotopic (exact) mass is 537 g/mol. The number of carbonyl (C=O) groups excluding carboxylic acids is 2. The van der Waals surface area contributed by atoms with Crippen LogP contribution in [0.15, 0.2) is 72.3 Å². The molecule has 3 aromatic rings. The van der Waals surface area contributed by atoms with Gasteiger partial charge in [0, 0.05) is 12.1 Å². The summed E-state index contributed by atoms with van der Waals surface area (Å²) in [4.78, 5) is 28.0. The first-order chi connectivity index (χ1) is 18.2. The minimum Gasteiger partial charge on any atom is -0.507 e. The Bertz CT molecular complexity index is 1350. The molecule has 0 bridgehead atoms. The van der Waals surface area contributed by atoms with E-state index in [2.05, 4.69) is 0 Å². The maximum atomic E-state index is 13.4. The van der Waals surface area contributed by atoms with Gasteiger partial charge in [0.1, 0.15) is 23.1 Å². The summed E-state index contributed by atoms with van der Waals surface area (Å²) in [6.45, 7) is 6.19. The van der Waals surface area contributed by atoms with Gasteiger partial charge in [-0.2, -0.15) is 0 Å². The highest BCUT2D eigenvalue weighted by atomic mass is 35.5. The van der Waals surface area contributed by atoms with Crippen LogP contribution in [0.1, 0.15) is 43.5 Å². The molecule has 3 aromatic carbocycles. The lowest BCUT2D eigenvalue weighted by Crippen LogP contribution is -2.31. The molecule has 198 valence electrons. The Morgan fingerprint density at radius 3 is 2.37 bits per heavy atom. The Kier molecular flexibility index (Phi) is 8.37. The van der Waals surface area contributed by atoms with Crippen molar-refractivity contribution in [3.63, 3.8) is 0 Å². The highest BCUT2D eigenvalue weighted by Gasteiger charge is 2.45. The highest BCUT2D eigenvalue weighted by molar-refractivity contribution is 6.46. The molecule has 1 aliphatic heterocycles. The highest BCUT2D eigenvalue weighted by Crippen LogP contribution is 2.41. The maximum absolute atomic E-state index is 13.4. The van der Waals surface area contributed by atoms with E-state index in [-0.39, 0.29) is 29.8 Å². The fraction of sp³-hybridized carbons (Fsp3) is 0.267. The number of likely N-dealkylation sites (tertiary alicyclic amines) is 1. The zero-order valence-electron chi connectivity index (χ0n) is 21.4. The number of Topliss-reactive ketones (excluding diaryl/α,β-unsaturated/α-hetero) is 1. The summed E-state index contributed by atoms with van der Waals surface area (Å²) in [7, 11) is 0. The molecule has 6 nitrogen and oxygen atoms in total. The molecule has 0 aromatic heterocycles. The fourth-order valence-corrected chi connectivity index (χ4v) is 4.60. The molecule has 1 aliphatic rings. The molecule has 1 heterocycles. The van der Waals surface area contributed by atoms with Crippen LogP contribution < -0.4 is 9.47 Å². The van der Waals surface area contributed by atoms with Crippen LogP contribution in [0.25, 0.3) is 5.76 Å². The third-order valence-electron chi connectivity index (χ3n) is 6.17. The number of carbonyl (C=O) groups is 2. The lowest BCUT2D eigenvalue weighted by atomic mass is 9.95. The molecule has 0 saturated carbocycles. The number of ether oxygens (including phenoxy) is 2. The second kappa shape index (κ2) is 11.7. The zero-order valence-corrected chi connectivity index (χ0v) is 22.2. The zero-order chi connectivity index (χ0) is 27.4. The van der Waals surface area contributed by atoms with E-state index in [1.807, 2.05) is 20.8 Å². The van der Waals surface area contributed by atoms with Crippen molar-refractivity contribution in [2.75, 3.05) is 13.2 Å². The summed E-state index contributed by atoms with van der Waals surface area (Å²) in [6.07, 6.45) is 0.375. The lowest BCUT2D eigenvalue weighted by molar-refractivity contribution is -0.139. The van der Waals surface area contributed by atoms with Crippen molar-refractivity contribution in [3.8, 4) is 11.5 Å². The summed E-state index contributed by atoms with van der Waals surface area (Å²) in [5.41, 5.74) is 1.72. The summed E-state index contributed by atoms with van der Waals surface area (Å²) >= 11 is 6.21. The van der Waals surface area contributed by atoms with E-state index in [1.54, 1.807) is 54.6 Å². The van der Waals surface area contributed by atoms with Gasteiger partial charge in [-0.05, 0) is 80.8 Å². The Morgan fingerprint density at radius 1 is 1.05 bits per heavy atom. The molecule has 4 rings (SSSR count). The minimum atomic E-state index is -0.838. The SMILES string of the molecule is CCOc1cc(/C(O)=C2/C(=O)C(=O)N(CCc3ccc(F)cc3)C2c2ccc(OC(C)C)cc2)ccc1Cl. The average Bonchev–Trinajstić information content (AvgIpc) is 3.14. The van der Waals surface area contributed by atoms with Gasteiger partial charge < -0.3 is 19.5 Å². The summed E-state index contributed by atoms with van der Waals surface area (Å²) in [5.74, 6) is -1.19. The number of hydrogen-bond donors (Lipinski definition) is 1. The van der Waals surface area contributed by atoms with E-state index in [0.717, 1.165) is 5.56 Å². The van der Waals surface area contributed by atoms with Gasteiger partial charge in [-0.3, -0.25) is 9.59 Å². The lowest BCUT2D eigenvalue weighted by Gasteiger charge is -2.25. The Morgan fingerprint density at radius 2 is 1.74 bits per heavy atom. The van der Waals surface area contributed by atoms with Crippen LogP contribution in [0.5, 0.6) is 11.5 Å². The van der Waals surface area contributed by atoms with Crippen LogP contribution in [-0.4, -0.2) is 41.0 Å². The van der Waals surface area contributed by atoms with E-state index in [0.29, 0.717) is 40.7 Å². The molecule has 1 atom stereocenters. The second-order valence-electron chi connectivity index (χ2n) is 9.18. The smallest absolute Gasteiger partial charge is 0.295 e. The summed E-state index contributed by atoms with van der Waals surface area (Å²) in [6, 6.07) is 16.9. The fourth-order valence-electron chi connectivity index (χ4n) is 4.43. The summed E-state index contributed by atoms with van der Waals surface area (Å²) < 4.78 is 24.7. The molecular weight excluding hydrogens is 509 g/mol. The number of aliphatic hydroxyl groups excluding tert-OH is 1. The summed E-state index contributed by atoms with van der Waals surface area (Å²) in [5, 5.41) is 11.7. The molecule has 1 unspecified atom stereocenters. The first-order valence-corrected chi connectivity index (χ1v) is 12.8. The average molecular weight is 538 g/mol. The third-order valence-corrected chi connectivity index (χ3v) is 6.48. The van der Waals surface area contributed by atoms with Gasteiger partial charge in [0.05, 0.1) is 29.3 Å². The van der Waals surface area contributed by atoms with E-state index in [4.69, 9.17) is 21.1 Å². The van der Waals surface area contributed by atoms with Crippen molar-refractivity contribution in [1.82, 2.24) is 4.90 Å². The maximum Gasteiger partial charge on any atom is 0.295 e. The molecule has 1 N–H and O–H groups in total. The molecule has 0 radical (unpaired) electrons. The van der Waals surface area contributed by atoms with Crippen molar-refractivity contribution < 1.29 is 28.6 Å². The van der Waals surface area contributed by atoms with Crippen LogP contribution in [-0.2, 0) is 16.0 Å². The number of rotatable bonds is 9. The number of ketones is 1. The normalized spacial score (nSPS) is 16.8. The van der Waals surface area contributed by atoms with E-state index in [9.17, 15) is 19.1 Å². The molecule has 1 fully saturated rings. The van der Waals surface area contributed by atoms with Gasteiger partial charge in [0.2, 0.25) is 0 Å². The number of halogens is 2. The van der Waals surface area contributed by atoms with Gasteiger partial charge in [-0.1, -0.05) is 35.9 Å². The predicted octanol–water partition coefficient (Wildman–Crippen LogP) is 6.33. The van der Waals surface area contributed by atoms with Gasteiger partial charge in [-0.15, -0.1) is 0 Å². The molecule has 0 spiro atoms. The minimum absolute atomic E-state index is 0.0216. The molecule has 1 amide bonds. The van der Waals surface area contributed by atoms with Crippen LogP contribution in [0.3, 0.4) is 0 Å². The van der Waals surface area contributed by atoms with Gasteiger partial charge in [0.15, 0.2) is 0 Å². The van der Waals surface area contributed by atoms with Crippen molar-refractivity contribution in [1.29, 1.82) is 0 Å². The topological polar surface area (TPSA) is 76.1 Å². The number of amides is 1. The number of hydrogen-bond acceptors (Lipinski definition) is 5.